The van der Waals surface area contributed by atoms with Crippen LogP contribution < -0.4 is 9.64 Å². The van der Waals surface area contributed by atoms with Crippen LogP contribution in [-0.4, -0.2) is 64.8 Å². The van der Waals surface area contributed by atoms with E-state index in [-0.39, 0.29) is 5.75 Å². The number of sulfonamides is 1. The highest BCUT2D eigenvalue weighted by Crippen LogP contribution is 2.37. The molecule has 1 saturated heterocycles. The summed E-state index contributed by atoms with van der Waals surface area (Å²) < 4.78 is 46.1. The fourth-order valence-electron chi connectivity index (χ4n) is 4.64. The highest BCUT2D eigenvalue weighted by molar-refractivity contribution is 7.88. The number of nitrogens with one attached hydrogen (secondary N) is 1. The molecule has 9 nitrogen and oxygen atoms in total. The van der Waals surface area contributed by atoms with Crippen LogP contribution in [0.1, 0.15) is 25.5 Å². The molecule has 38 heavy (non-hydrogen) atoms. The van der Waals surface area contributed by atoms with Gasteiger partial charge in [-0.15, -0.1) is 0 Å². The summed E-state index contributed by atoms with van der Waals surface area (Å²) in [6.07, 6.45) is 5.17. The summed E-state index contributed by atoms with van der Waals surface area (Å²) in [5, 5.41) is 8.54. The molecule has 0 unspecified atom stereocenters. The molecule has 4 heterocycles. The Morgan fingerprint density at radius 3 is 2.47 bits per heavy atom. The normalized spacial score (nSPS) is 16.1. The summed E-state index contributed by atoms with van der Waals surface area (Å²) in [6, 6.07) is 6.63. The zero-order valence-corrected chi connectivity index (χ0v) is 23.4. The number of aromatic amines is 1. The van der Waals surface area contributed by atoms with Crippen molar-refractivity contribution in [2.75, 3.05) is 31.3 Å². The number of aromatic nitrogens is 4. The Morgan fingerprint density at radius 1 is 1.18 bits per heavy atom. The number of benzene rings is 1. The van der Waals surface area contributed by atoms with E-state index in [0.29, 0.717) is 45.3 Å². The van der Waals surface area contributed by atoms with E-state index < -0.39 is 27.5 Å². The predicted octanol–water partition coefficient (Wildman–Crippen LogP) is 5.08. The molecule has 200 valence electrons. The third kappa shape index (κ3) is 4.79. The van der Waals surface area contributed by atoms with Gasteiger partial charge in [0.2, 0.25) is 10.0 Å². The van der Waals surface area contributed by atoms with E-state index >= 15 is 0 Å². The maximum Gasteiger partial charge on any atom is 0.211 e. The summed E-state index contributed by atoms with van der Waals surface area (Å²) >= 11 is 12.5. The van der Waals surface area contributed by atoms with Gasteiger partial charge >= 0.3 is 0 Å². The van der Waals surface area contributed by atoms with Crippen molar-refractivity contribution in [3.8, 4) is 17.0 Å². The standard InChI is InChI=1S/C25H25Cl2FN6O3S/c1-14(23-17(26)10-29-11-18(23)27)37-21-7-16-20(8-19(21)28)31-32-24(16)15-5-6-22(30-9-15)34-12-25(2,13-34)33(3)38(4,35)36/h5-11,14H,12-13H2,1-4H3,(H,31,32)/t14-/m1/s1. The van der Waals surface area contributed by atoms with Gasteiger partial charge < -0.3 is 9.64 Å². The van der Waals surface area contributed by atoms with E-state index in [4.69, 9.17) is 27.9 Å². The lowest BCUT2D eigenvalue weighted by atomic mass is 9.92. The van der Waals surface area contributed by atoms with E-state index in [9.17, 15) is 12.8 Å². The van der Waals surface area contributed by atoms with Gasteiger partial charge in [-0.25, -0.2) is 17.8 Å². The van der Waals surface area contributed by atoms with Crippen molar-refractivity contribution in [1.29, 1.82) is 0 Å². The minimum absolute atomic E-state index is 0.0241. The van der Waals surface area contributed by atoms with Crippen molar-refractivity contribution in [2.45, 2.75) is 25.5 Å². The molecule has 0 aliphatic carbocycles. The second kappa shape index (κ2) is 9.64. The lowest BCUT2D eigenvalue weighted by Gasteiger charge is -2.52. The maximum atomic E-state index is 14.9. The van der Waals surface area contributed by atoms with Crippen molar-refractivity contribution >= 4 is 49.9 Å². The number of anilines is 1. The molecule has 0 saturated carbocycles. The molecule has 1 N–H and O–H groups in total. The molecule has 5 rings (SSSR count). The van der Waals surface area contributed by atoms with E-state index in [0.717, 1.165) is 11.4 Å². The van der Waals surface area contributed by atoms with Crippen molar-refractivity contribution < 1.29 is 17.5 Å². The first-order valence-corrected chi connectivity index (χ1v) is 14.3. The number of halogens is 3. The van der Waals surface area contributed by atoms with Gasteiger partial charge in [-0.05, 0) is 32.0 Å². The van der Waals surface area contributed by atoms with Crippen molar-refractivity contribution in [3.63, 3.8) is 0 Å². The van der Waals surface area contributed by atoms with Gasteiger partial charge in [-0.2, -0.15) is 9.40 Å². The molecule has 1 aliphatic rings. The number of nitrogens with zero attached hydrogens (tertiary/aromatic N) is 5. The largest absolute Gasteiger partial charge is 0.483 e. The first-order chi connectivity index (χ1) is 17.9. The molecule has 1 fully saturated rings. The number of fused-ring (bicyclic) bond motifs is 1. The Balaban J connectivity index is 1.38. The van der Waals surface area contributed by atoms with Crippen LogP contribution >= 0.6 is 23.2 Å². The molecular formula is C25H25Cl2FN6O3S. The minimum Gasteiger partial charge on any atom is -0.483 e. The average Bonchev–Trinajstić information content (AvgIpc) is 3.23. The van der Waals surface area contributed by atoms with Crippen LogP contribution in [0, 0.1) is 5.82 Å². The number of rotatable bonds is 7. The van der Waals surface area contributed by atoms with E-state index in [1.807, 2.05) is 24.0 Å². The molecule has 4 aromatic rings. The van der Waals surface area contributed by atoms with Gasteiger partial charge in [-0.1, -0.05) is 23.2 Å². The molecule has 13 heteroatoms. The predicted molar refractivity (Wildman–Crippen MR) is 146 cm³/mol. The number of hydrogen-bond acceptors (Lipinski definition) is 7. The van der Waals surface area contributed by atoms with Crippen molar-refractivity contribution in [1.82, 2.24) is 24.5 Å². The lowest BCUT2D eigenvalue weighted by Crippen LogP contribution is -2.68. The third-order valence-electron chi connectivity index (χ3n) is 6.88. The summed E-state index contributed by atoms with van der Waals surface area (Å²) in [4.78, 5) is 10.5. The second-order valence-electron chi connectivity index (χ2n) is 9.67. The van der Waals surface area contributed by atoms with Gasteiger partial charge in [0.25, 0.3) is 0 Å². The Hall–Kier alpha value is -2.99. The van der Waals surface area contributed by atoms with Crippen LogP contribution in [0.5, 0.6) is 5.75 Å². The fourth-order valence-corrected chi connectivity index (χ4v) is 6.23. The lowest BCUT2D eigenvalue weighted by molar-refractivity contribution is 0.189. The minimum atomic E-state index is -3.30. The highest BCUT2D eigenvalue weighted by atomic mass is 35.5. The molecule has 1 aromatic carbocycles. The number of likely N-dealkylation sites (N-methyl/N-ethyl adjacent to an activating group) is 1. The van der Waals surface area contributed by atoms with Crippen molar-refractivity contribution in [3.05, 3.63) is 64.3 Å². The van der Waals surface area contributed by atoms with Crippen LogP contribution in [0.4, 0.5) is 10.2 Å². The molecular weight excluding hydrogens is 554 g/mol. The third-order valence-corrected chi connectivity index (χ3v) is 8.92. The number of ether oxygens (including phenoxy) is 1. The molecule has 3 aromatic heterocycles. The summed E-state index contributed by atoms with van der Waals surface area (Å²) in [7, 11) is -1.71. The SMILES string of the molecule is C[C@@H](Oc1cc2c(-c3ccc(N4CC(C)(N(C)S(C)(=O)=O)C4)nc3)n[nH]c2cc1F)c1c(Cl)cncc1Cl. The van der Waals surface area contributed by atoms with E-state index in [1.54, 1.807) is 26.2 Å². The Labute approximate surface area is 229 Å². The van der Waals surface area contributed by atoms with Crippen LogP contribution in [0.25, 0.3) is 22.2 Å². The number of H-pyrrole nitrogens is 1. The van der Waals surface area contributed by atoms with Crippen LogP contribution in [0.3, 0.4) is 0 Å². The monoisotopic (exact) mass is 578 g/mol. The molecule has 1 atom stereocenters. The molecule has 0 radical (unpaired) electrons. The van der Waals surface area contributed by atoms with Crippen LogP contribution in [0.2, 0.25) is 10.0 Å². The summed E-state index contributed by atoms with van der Waals surface area (Å²) in [5.41, 5.74) is 1.84. The highest BCUT2D eigenvalue weighted by Gasteiger charge is 2.46. The van der Waals surface area contributed by atoms with Gasteiger partial charge in [0.15, 0.2) is 11.6 Å². The van der Waals surface area contributed by atoms with Gasteiger partial charge in [0.05, 0.1) is 27.4 Å². The van der Waals surface area contributed by atoms with E-state index in [2.05, 4.69) is 20.2 Å². The second-order valence-corrected chi connectivity index (χ2v) is 12.5. The maximum absolute atomic E-state index is 14.9. The van der Waals surface area contributed by atoms with Gasteiger partial charge in [0, 0.05) is 61.3 Å². The van der Waals surface area contributed by atoms with Crippen LogP contribution in [0.15, 0.2) is 42.9 Å². The van der Waals surface area contributed by atoms with Gasteiger partial charge in [0.1, 0.15) is 17.6 Å². The first-order valence-electron chi connectivity index (χ1n) is 11.7. The number of hydrogen-bond donors (Lipinski definition) is 1. The smallest absolute Gasteiger partial charge is 0.211 e. The van der Waals surface area contributed by atoms with Crippen molar-refractivity contribution in [2.24, 2.45) is 0 Å². The zero-order chi connectivity index (χ0) is 27.4. The fraction of sp³-hybridized carbons (Fsp3) is 0.320. The van der Waals surface area contributed by atoms with Gasteiger partial charge in [-0.3, -0.25) is 10.1 Å². The molecule has 0 spiro atoms. The topological polar surface area (TPSA) is 104 Å². The Morgan fingerprint density at radius 2 is 1.87 bits per heavy atom. The number of pyridine rings is 2. The average molecular weight is 579 g/mol. The molecule has 1 aliphatic heterocycles. The Bertz CT molecular complexity index is 1600. The summed E-state index contributed by atoms with van der Waals surface area (Å²) in [5.74, 6) is 0.188. The quantitative estimate of drug-likeness (QED) is 0.326. The van der Waals surface area contributed by atoms with E-state index in [1.165, 1.54) is 29.0 Å². The van der Waals surface area contributed by atoms with Crippen LogP contribution in [-0.2, 0) is 10.0 Å². The molecule has 0 bridgehead atoms. The molecule has 0 amide bonds. The zero-order valence-electron chi connectivity index (χ0n) is 21.0. The summed E-state index contributed by atoms with van der Waals surface area (Å²) in [6.45, 7) is 4.69. The Kier molecular flexibility index (Phi) is 6.75. The first kappa shape index (κ1) is 26.6.